The van der Waals surface area contributed by atoms with Crippen molar-refractivity contribution in [1.82, 2.24) is 28.9 Å². The number of imidazole rings is 2. The number of nitriles is 1. The van der Waals surface area contributed by atoms with Crippen molar-refractivity contribution in [3.8, 4) is 6.07 Å². The van der Waals surface area contributed by atoms with E-state index in [-0.39, 0.29) is 0 Å². The van der Waals surface area contributed by atoms with Crippen molar-refractivity contribution in [1.29, 1.82) is 5.26 Å². The normalized spacial score (nSPS) is 11.2. The van der Waals surface area contributed by atoms with Crippen molar-refractivity contribution in [3.63, 3.8) is 0 Å². The highest BCUT2D eigenvalue weighted by molar-refractivity contribution is 5.91. The zero-order chi connectivity index (χ0) is 18.2. The van der Waals surface area contributed by atoms with Crippen LogP contribution in [0.3, 0.4) is 0 Å². The molecule has 4 heterocycles. The summed E-state index contributed by atoms with van der Waals surface area (Å²) in [5.41, 5.74) is 3.57. The van der Waals surface area contributed by atoms with Gasteiger partial charge in [0.15, 0.2) is 11.3 Å². The van der Waals surface area contributed by atoms with Crippen LogP contribution in [0.2, 0.25) is 0 Å². The average Bonchev–Trinajstić information content (AvgIpc) is 3.35. The Kier molecular flexibility index (Phi) is 3.43. The summed E-state index contributed by atoms with van der Waals surface area (Å²) in [5.74, 6) is 0.534. The molecule has 130 valence electrons. The van der Waals surface area contributed by atoms with Crippen molar-refractivity contribution in [2.24, 2.45) is 0 Å². The molecular formula is C19H14N8. The Morgan fingerprint density at radius 2 is 2.07 bits per heavy atom. The van der Waals surface area contributed by atoms with Crippen LogP contribution in [0.5, 0.6) is 0 Å². The fourth-order valence-corrected chi connectivity index (χ4v) is 3.19. The standard InChI is InChI=1S/C19H14N8/c20-10-13-9-14-11-23-19(22-6-8-26-7-5-21-12-26)25-18(14)27-16-4-2-1-3-15(16)24-17(13)27/h1-5,7,9,11-12H,6,8H2,(H,22,23,25). The summed E-state index contributed by atoms with van der Waals surface area (Å²) in [6.45, 7) is 1.43. The maximum absolute atomic E-state index is 9.52. The number of hydrogen-bond acceptors (Lipinski definition) is 6. The number of nitrogens with one attached hydrogen (secondary N) is 1. The molecule has 0 aliphatic rings. The zero-order valence-electron chi connectivity index (χ0n) is 14.2. The Morgan fingerprint density at radius 3 is 2.93 bits per heavy atom. The largest absolute Gasteiger partial charge is 0.352 e. The number of para-hydroxylation sites is 2. The maximum atomic E-state index is 9.52. The van der Waals surface area contributed by atoms with Gasteiger partial charge in [-0.1, -0.05) is 12.1 Å². The lowest BCUT2D eigenvalue weighted by atomic mass is 10.2. The zero-order valence-corrected chi connectivity index (χ0v) is 14.2. The second kappa shape index (κ2) is 6.07. The summed E-state index contributed by atoms with van der Waals surface area (Å²) in [7, 11) is 0. The van der Waals surface area contributed by atoms with E-state index in [0.717, 1.165) is 28.6 Å². The van der Waals surface area contributed by atoms with Gasteiger partial charge in [0.1, 0.15) is 6.07 Å². The van der Waals surface area contributed by atoms with E-state index in [9.17, 15) is 5.26 Å². The minimum absolute atomic E-state index is 0.503. The first-order valence-corrected chi connectivity index (χ1v) is 8.50. The molecule has 0 bridgehead atoms. The minimum Gasteiger partial charge on any atom is -0.352 e. The highest BCUT2D eigenvalue weighted by Crippen LogP contribution is 2.25. The van der Waals surface area contributed by atoms with Crippen molar-refractivity contribution in [2.75, 3.05) is 11.9 Å². The fourth-order valence-electron chi connectivity index (χ4n) is 3.19. The van der Waals surface area contributed by atoms with Gasteiger partial charge < -0.3 is 9.88 Å². The van der Waals surface area contributed by atoms with Crippen LogP contribution in [0.1, 0.15) is 5.56 Å². The topological polar surface area (TPSA) is 96.7 Å². The van der Waals surface area contributed by atoms with Gasteiger partial charge in [0.05, 0.1) is 22.9 Å². The monoisotopic (exact) mass is 354 g/mol. The van der Waals surface area contributed by atoms with Gasteiger partial charge >= 0.3 is 0 Å². The molecule has 0 saturated carbocycles. The van der Waals surface area contributed by atoms with Gasteiger partial charge in [-0.15, -0.1) is 0 Å². The molecule has 5 aromatic rings. The number of benzene rings is 1. The van der Waals surface area contributed by atoms with E-state index in [1.165, 1.54) is 0 Å². The number of aromatic nitrogens is 6. The van der Waals surface area contributed by atoms with Gasteiger partial charge in [-0.3, -0.25) is 4.40 Å². The third kappa shape index (κ3) is 2.53. The van der Waals surface area contributed by atoms with Crippen LogP contribution < -0.4 is 5.32 Å². The Bertz CT molecular complexity index is 1310. The maximum Gasteiger partial charge on any atom is 0.224 e. The van der Waals surface area contributed by atoms with Gasteiger partial charge in [0, 0.05) is 37.1 Å². The summed E-state index contributed by atoms with van der Waals surface area (Å²) >= 11 is 0. The molecule has 0 aliphatic carbocycles. The lowest BCUT2D eigenvalue weighted by Crippen LogP contribution is -2.11. The lowest BCUT2D eigenvalue weighted by Gasteiger charge is -2.08. The molecule has 8 nitrogen and oxygen atoms in total. The molecule has 0 unspecified atom stereocenters. The van der Waals surface area contributed by atoms with Gasteiger partial charge in [-0.2, -0.15) is 10.2 Å². The first-order valence-electron chi connectivity index (χ1n) is 8.50. The third-order valence-corrected chi connectivity index (χ3v) is 4.44. The van der Waals surface area contributed by atoms with Crippen LogP contribution in [-0.2, 0) is 6.54 Å². The number of rotatable bonds is 4. The molecule has 27 heavy (non-hydrogen) atoms. The van der Waals surface area contributed by atoms with E-state index in [0.29, 0.717) is 23.7 Å². The van der Waals surface area contributed by atoms with Crippen molar-refractivity contribution in [2.45, 2.75) is 6.54 Å². The third-order valence-electron chi connectivity index (χ3n) is 4.44. The number of nitrogens with zero attached hydrogens (tertiary/aromatic N) is 7. The number of fused-ring (bicyclic) bond motifs is 5. The van der Waals surface area contributed by atoms with Crippen molar-refractivity contribution >= 4 is 33.7 Å². The molecule has 0 radical (unpaired) electrons. The summed E-state index contributed by atoms with van der Waals surface area (Å²) < 4.78 is 3.90. The van der Waals surface area contributed by atoms with E-state index in [4.69, 9.17) is 0 Å². The van der Waals surface area contributed by atoms with E-state index >= 15 is 0 Å². The van der Waals surface area contributed by atoms with Gasteiger partial charge in [-0.05, 0) is 18.2 Å². The highest BCUT2D eigenvalue weighted by atomic mass is 15.2. The van der Waals surface area contributed by atoms with Crippen LogP contribution in [0.25, 0.3) is 27.7 Å². The molecule has 1 aromatic carbocycles. The summed E-state index contributed by atoms with van der Waals surface area (Å²) in [6.07, 6.45) is 7.16. The van der Waals surface area contributed by atoms with E-state index in [2.05, 4.69) is 31.3 Å². The Labute approximate surface area is 153 Å². The summed E-state index contributed by atoms with van der Waals surface area (Å²) in [5, 5.41) is 13.6. The Hall–Kier alpha value is -3.99. The van der Waals surface area contributed by atoms with Gasteiger partial charge in [0.25, 0.3) is 0 Å². The second-order valence-electron chi connectivity index (χ2n) is 6.13. The molecular weight excluding hydrogens is 340 g/mol. The molecule has 0 atom stereocenters. The average molecular weight is 354 g/mol. The van der Waals surface area contributed by atoms with E-state index in [1.807, 2.05) is 39.4 Å². The number of hydrogen-bond donors (Lipinski definition) is 1. The molecule has 0 fully saturated rings. The van der Waals surface area contributed by atoms with Gasteiger partial charge in [-0.25, -0.2) is 15.0 Å². The van der Waals surface area contributed by atoms with Crippen LogP contribution in [0.15, 0.2) is 55.2 Å². The van der Waals surface area contributed by atoms with Crippen LogP contribution in [-0.4, -0.2) is 35.4 Å². The highest BCUT2D eigenvalue weighted by Gasteiger charge is 2.14. The molecule has 8 heteroatoms. The predicted molar refractivity (Wildman–Crippen MR) is 101 cm³/mol. The number of pyridine rings is 1. The Morgan fingerprint density at radius 1 is 1.15 bits per heavy atom. The molecule has 0 spiro atoms. The molecule has 1 N–H and O–H groups in total. The van der Waals surface area contributed by atoms with E-state index < -0.39 is 0 Å². The Balaban J connectivity index is 1.62. The number of anilines is 1. The van der Waals surface area contributed by atoms with Crippen molar-refractivity contribution in [3.05, 3.63) is 60.8 Å². The predicted octanol–water partition coefficient (Wildman–Crippen LogP) is 2.61. The minimum atomic E-state index is 0.503. The van der Waals surface area contributed by atoms with Crippen LogP contribution in [0, 0.1) is 11.3 Å². The summed E-state index contributed by atoms with van der Waals surface area (Å²) in [6, 6.07) is 11.8. The second-order valence-corrected chi connectivity index (χ2v) is 6.13. The molecule has 5 rings (SSSR count). The molecule has 0 aliphatic heterocycles. The summed E-state index contributed by atoms with van der Waals surface area (Å²) in [4.78, 5) is 17.7. The smallest absolute Gasteiger partial charge is 0.224 e. The molecule has 0 saturated heterocycles. The van der Waals surface area contributed by atoms with Crippen LogP contribution >= 0.6 is 0 Å². The first kappa shape index (κ1) is 15.3. The van der Waals surface area contributed by atoms with Gasteiger partial charge in [0.2, 0.25) is 5.95 Å². The SMILES string of the molecule is N#Cc1cc2cnc(NCCn3ccnc3)nc2n2c1nc1ccccc12. The van der Waals surface area contributed by atoms with E-state index in [1.54, 1.807) is 24.8 Å². The van der Waals surface area contributed by atoms with Crippen molar-refractivity contribution < 1.29 is 0 Å². The molecule has 0 amide bonds. The molecule has 4 aromatic heterocycles. The first-order chi connectivity index (χ1) is 13.3. The van der Waals surface area contributed by atoms with Crippen LogP contribution in [0.4, 0.5) is 5.95 Å². The fraction of sp³-hybridized carbons (Fsp3) is 0.105. The lowest BCUT2D eigenvalue weighted by molar-refractivity contribution is 0.723. The quantitative estimate of drug-likeness (QED) is 0.533.